The zero-order chi connectivity index (χ0) is 13.2. The highest BCUT2D eigenvalue weighted by Crippen LogP contribution is 2.38. The summed E-state index contributed by atoms with van der Waals surface area (Å²) in [6.07, 6.45) is 13.7. The number of benzene rings is 1. The summed E-state index contributed by atoms with van der Waals surface area (Å²) in [4.78, 5) is 1.29. The lowest BCUT2D eigenvalue weighted by molar-refractivity contribution is 1.41. The second-order valence-electron chi connectivity index (χ2n) is 4.43. The molecule has 0 amide bonds. The maximum Gasteiger partial charge on any atom is 0.0358 e. The number of hydrogen-bond acceptors (Lipinski definition) is 1. The third kappa shape index (κ3) is 2.51. The van der Waals surface area contributed by atoms with E-state index in [0.29, 0.717) is 0 Å². The number of hydrogen-bond donors (Lipinski definition) is 0. The standard InChI is InChI=1S/C17H13BrS/c1-12-7-5-3-2-4-6-8-16-17(12)14-11-13(18)9-10-15(14)19-16/h2-3,5-11H,1,4H2/b3-2-,7-5-,8-6-. The molecule has 0 spiro atoms. The second-order valence-corrected chi connectivity index (χ2v) is 6.43. The van der Waals surface area contributed by atoms with Gasteiger partial charge >= 0.3 is 0 Å². The molecule has 0 radical (unpaired) electrons. The molecule has 0 N–H and O–H groups in total. The van der Waals surface area contributed by atoms with Crippen LogP contribution in [-0.2, 0) is 0 Å². The molecule has 3 rings (SSSR count). The Kier molecular flexibility index (Phi) is 3.54. The van der Waals surface area contributed by atoms with Crippen molar-refractivity contribution in [2.45, 2.75) is 6.42 Å². The fourth-order valence-electron chi connectivity index (χ4n) is 2.20. The molecule has 2 aromatic rings. The Morgan fingerprint density at radius 2 is 2.00 bits per heavy atom. The van der Waals surface area contributed by atoms with Crippen LogP contribution in [0.4, 0.5) is 0 Å². The Hall–Kier alpha value is -1.38. The van der Waals surface area contributed by atoms with Crippen LogP contribution in [0, 0.1) is 0 Å². The monoisotopic (exact) mass is 328 g/mol. The summed E-state index contributed by atoms with van der Waals surface area (Å²) in [7, 11) is 0. The van der Waals surface area contributed by atoms with Crippen molar-refractivity contribution in [3.8, 4) is 0 Å². The minimum atomic E-state index is 0.966. The fourth-order valence-corrected chi connectivity index (χ4v) is 3.72. The Balaban J connectivity index is 2.28. The number of thiophene rings is 1. The van der Waals surface area contributed by atoms with E-state index >= 15 is 0 Å². The van der Waals surface area contributed by atoms with E-state index in [1.54, 1.807) is 0 Å². The summed E-state index contributed by atoms with van der Waals surface area (Å²) in [5, 5.41) is 1.28. The van der Waals surface area contributed by atoms with Crippen LogP contribution in [0.2, 0.25) is 0 Å². The van der Waals surface area contributed by atoms with Gasteiger partial charge in [-0.1, -0.05) is 52.9 Å². The zero-order valence-corrected chi connectivity index (χ0v) is 12.8. The van der Waals surface area contributed by atoms with E-state index < -0.39 is 0 Å². The van der Waals surface area contributed by atoms with E-state index in [9.17, 15) is 0 Å². The molecule has 0 fully saturated rings. The largest absolute Gasteiger partial charge is 0.135 e. The van der Waals surface area contributed by atoms with Crippen LogP contribution in [0.5, 0.6) is 0 Å². The lowest BCUT2D eigenvalue weighted by atomic mass is 10.0. The van der Waals surface area contributed by atoms with Crippen LogP contribution in [0.1, 0.15) is 16.9 Å². The van der Waals surface area contributed by atoms with Gasteiger partial charge in [-0.15, -0.1) is 11.3 Å². The molecule has 0 saturated heterocycles. The maximum absolute atomic E-state index is 4.22. The maximum atomic E-state index is 4.22. The quantitative estimate of drug-likeness (QED) is 0.539. The highest BCUT2D eigenvalue weighted by atomic mass is 79.9. The van der Waals surface area contributed by atoms with Crippen molar-refractivity contribution in [2.75, 3.05) is 0 Å². The fraction of sp³-hybridized carbons (Fsp3) is 0.0588. The first-order chi connectivity index (χ1) is 9.25. The van der Waals surface area contributed by atoms with E-state index in [0.717, 1.165) is 16.5 Å². The lowest BCUT2D eigenvalue weighted by Gasteiger charge is -2.02. The highest BCUT2D eigenvalue weighted by molar-refractivity contribution is 9.10. The van der Waals surface area contributed by atoms with Crippen molar-refractivity contribution < 1.29 is 0 Å². The smallest absolute Gasteiger partial charge is 0.0358 e. The van der Waals surface area contributed by atoms with Gasteiger partial charge in [-0.05, 0) is 36.3 Å². The van der Waals surface area contributed by atoms with Crippen molar-refractivity contribution in [2.24, 2.45) is 0 Å². The normalized spacial score (nSPS) is 19.9. The number of allylic oxidation sites excluding steroid dienone is 6. The summed E-state index contributed by atoms with van der Waals surface area (Å²) in [5.41, 5.74) is 2.32. The van der Waals surface area contributed by atoms with Gasteiger partial charge in [0.15, 0.2) is 0 Å². The first-order valence-electron chi connectivity index (χ1n) is 6.17. The first kappa shape index (κ1) is 12.6. The molecule has 1 heterocycles. The molecule has 19 heavy (non-hydrogen) atoms. The average molecular weight is 329 g/mol. The molecule has 0 aliphatic heterocycles. The van der Waals surface area contributed by atoms with Crippen molar-refractivity contribution in [1.82, 2.24) is 0 Å². The molecule has 0 atom stereocenters. The molecule has 0 saturated carbocycles. The molecule has 1 aromatic heterocycles. The Morgan fingerprint density at radius 3 is 2.89 bits per heavy atom. The van der Waals surface area contributed by atoms with Gasteiger partial charge in [0.2, 0.25) is 0 Å². The minimum Gasteiger partial charge on any atom is -0.135 e. The molecule has 1 aliphatic carbocycles. The van der Waals surface area contributed by atoms with Gasteiger partial charge in [0.05, 0.1) is 0 Å². The van der Waals surface area contributed by atoms with Crippen LogP contribution in [0.15, 0.2) is 59.6 Å². The van der Waals surface area contributed by atoms with Gasteiger partial charge < -0.3 is 0 Å². The van der Waals surface area contributed by atoms with Crippen molar-refractivity contribution in [3.63, 3.8) is 0 Å². The zero-order valence-electron chi connectivity index (χ0n) is 10.4. The summed E-state index contributed by atoms with van der Waals surface area (Å²) in [6, 6.07) is 6.44. The molecule has 0 unspecified atom stereocenters. The summed E-state index contributed by atoms with van der Waals surface area (Å²) >= 11 is 5.38. The van der Waals surface area contributed by atoms with E-state index in [-0.39, 0.29) is 0 Å². The van der Waals surface area contributed by atoms with E-state index in [4.69, 9.17) is 0 Å². The number of fused-ring (bicyclic) bond motifs is 3. The molecule has 94 valence electrons. The molecule has 2 heteroatoms. The summed E-state index contributed by atoms with van der Waals surface area (Å²) in [5.74, 6) is 0. The third-order valence-electron chi connectivity index (χ3n) is 3.08. The van der Waals surface area contributed by atoms with Crippen LogP contribution in [-0.4, -0.2) is 0 Å². The molecule has 1 aliphatic rings. The van der Waals surface area contributed by atoms with Crippen molar-refractivity contribution >= 4 is 49.0 Å². The van der Waals surface area contributed by atoms with Crippen LogP contribution in [0.25, 0.3) is 21.7 Å². The van der Waals surface area contributed by atoms with Gasteiger partial charge in [-0.2, -0.15) is 0 Å². The Labute approximate surface area is 125 Å². The van der Waals surface area contributed by atoms with Gasteiger partial charge in [0.1, 0.15) is 0 Å². The number of halogens is 1. The average Bonchev–Trinajstić information content (AvgIpc) is 2.75. The lowest BCUT2D eigenvalue weighted by Crippen LogP contribution is -1.81. The first-order valence-corrected chi connectivity index (χ1v) is 7.78. The summed E-state index contributed by atoms with van der Waals surface area (Å²) < 4.78 is 2.41. The van der Waals surface area contributed by atoms with Gasteiger partial charge in [0, 0.05) is 25.0 Å². The predicted octanol–water partition coefficient (Wildman–Crippen LogP) is 6.21. The van der Waals surface area contributed by atoms with Gasteiger partial charge in [-0.3, -0.25) is 0 Å². The second kappa shape index (κ2) is 5.32. The van der Waals surface area contributed by atoms with Crippen molar-refractivity contribution in [1.29, 1.82) is 0 Å². The summed E-state index contributed by atoms with van der Waals surface area (Å²) in [6.45, 7) is 4.22. The molecular weight excluding hydrogens is 316 g/mol. The Bertz CT molecular complexity index is 729. The van der Waals surface area contributed by atoms with Gasteiger partial charge in [0.25, 0.3) is 0 Å². The van der Waals surface area contributed by atoms with Crippen molar-refractivity contribution in [3.05, 3.63) is 70.1 Å². The SMILES string of the molecule is C=C1/C=C\C=C/C/C=C\c2sc3ccc(Br)cc3c21. The predicted molar refractivity (Wildman–Crippen MR) is 90.5 cm³/mol. The molecule has 0 nitrogen and oxygen atoms in total. The molecule has 1 aromatic carbocycles. The third-order valence-corrected chi connectivity index (χ3v) is 4.71. The van der Waals surface area contributed by atoms with E-state index in [2.05, 4.69) is 77.2 Å². The van der Waals surface area contributed by atoms with E-state index in [1.807, 2.05) is 11.3 Å². The topological polar surface area (TPSA) is 0 Å². The van der Waals surface area contributed by atoms with Crippen LogP contribution in [0.3, 0.4) is 0 Å². The number of rotatable bonds is 0. The van der Waals surface area contributed by atoms with Crippen LogP contribution < -0.4 is 0 Å². The van der Waals surface area contributed by atoms with Gasteiger partial charge in [-0.25, -0.2) is 0 Å². The van der Waals surface area contributed by atoms with Crippen LogP contribution >= 0.6 is 27.3 Å². The Morgan fingerprint density at radius 1 is 1.11 bits per heavy atom. The molecule has 0 bridgehead atoms. The van der Waals surface area contributed by atoms with E-state index in [1.165, 1.54) is 20.5 Å². The highest BCUT2D eigenvalue weighted by Gasteiger charge is 2.12. The minimum absolute atomic E-state index is 0.966. The molecular formula is C17H13BrS.